The van der Waals surface area contributed by atoms with Crippen LogP contribution in [0, 0.1) is 13.8 Å². The summed E-state index contributed by atoms with van der Waals surface area (Å²) >= 11 is 0. The van der Waals surface area contributed by atoms with E-state index in [0.29, 0.717) is 16.8 Å². The minimum absolute atomic E-state index is 0.0817. The van der Waals surface area contributed by atoms with Gasteiger partial charge in [-0.25, -0.2) is 0 Å². The predicted molar refractivity (Wildman–Crippen MR) is 120 cm³/mol. The first-order valence-corrected chi connectivity index (χ1v) is 12.1. The Labute approximate surface area is 189 Å². The number of phenolic OH excluding ortho intramolecular Hbond substituents is 1. The van der Waals surface area contributed by atoms with Gasteiger partial charge in [-0.15, -0.1) is 10.2 Å². The quantitative estimate of drug-likeness (QED) is 0.303. The summed E-state index contributed by atoms with van der Waals surface area (Å²) in [5.74, 6) is -1.06. The van der Waals surface area contributed by atoms with Crippen LogP contribution in [-0.4, -0.2) is 37.0 Å². The van der Waals surface area contributed by atoms with Crippen molar-refractivity contribution in [3.05, 3.63) is 47.5 Å². The molecule has 0 aromatic heterocycles. The molecule has 3 aromatic rings. The van der Waals surface area contributed by atoms with E-state index in [4.69, 9.17) is 0 Å². The van der Waals surface area contributed by atoms with Crippen LogP contribution >= 0.6 is 0 Å². The smallest absolute Gasteiger partial charge is 0.296 e. The number of hydrogen-bond acceptors (Lipinski definition) is 8. The molecule has 3 rings (SSSR count). The van der Waals surface area contributed by atoms with E-state index < -0.39 is 41.5 Å². The molecule has 0 aliphatic rings. The maximum atomic E-state index is 12.0. The Balaban J connectivity index is 2.31. The fourth-order valence-corrected chi connectivity index (χ4v) is 4.70. The number of hydrogen-bond donors (Lipinski definition) is 4. The second-order valence-electron chi connectivity index (χ2n) is 7.27. The van der Waals surface area contributed by atoms with Crippen molar-refractivity contribution in [1.29, 1.82) is 0 Å². The van der Waals surface area contributed by atoms with Gasteiger partial charge >= 0.3 is 0 Å². The highest BCUT2D eigenvalue weighted by Crippen LogP contribution is 2.43. The Morgan fingerprint density at radius 1 is 0.879 bits per heavy atom. The predicted octanol–water partition coefficient (Wildman–Crippen LogP) is 4.03. The topological polar surface area (TPSA) is 183 Å². The van der Waals surface area contributed by atoms with E-state index >= 15 is 0 Å². The molecule has 13 heteroatoms. The normalized spacial score (nSPS) is 12.4. The largest absolute Gasteiger partial charge is 0.505 e. The fraction of sp³-hybridized carbons (Fsp3) is 0.150. The summed E-state index contributed by atoms with van der Waals surface area (Å²) in [6.45, 7) is 4.38. The maximum absolute atomic E-state index is 12.0. The number of fused-ring (bicyclic) bond motifs is 1. The lowest BCUT2D eigenvalue weighted by molar-refractivity contribution is -0.114. The maximum Gasteiger partial charge on any atom is 0.296 e. The van der Waals surface area contributed by atoms with Crippen LogP contribution in [-0.2, 0) is 25.0 Å². The molecule has 1 amide bonds. The summed E-state index contributed by atoms with van der Waals surface area (Å²) < 4.78 is 66.7. The molecule has 33 heavy (non-hydrogen) atoms. The van der Waals surface area contributed by atoms with E-state index in [0.717, 1.165) is 12.1 Å². The van der Waals surface area contributed by atoms with Gasteiger partial charge in [0.05, 0.1) is 0 Å². The monoisotopic (exact) mass is 493 g/mol. The minimum Gasteiger partial charge on any atom is -0.505 e. The summed E-state index contributed by atoms with van der Waals surface area (Å²) in [4.78, 5) is 9.99. The number of anilines is 1. The van der Waals surface area contributed by atoms with Crippen LogP contribution in [0.4, 0.5) is 17.1 Å². The first-order valence-electron chi connectivity index (χ1n) is 9.24. The van der Waals surface area contributed by atoms with Crippen LogP contribution < -0.4 is 5.32 Å². The molecule has 0 atom stereocenters. The second-order valence-corrected chi connectivity index (χ2v) is 10.0. The van der Waals surface area contributed by atoms with Gasteiger partial charge in [0.1, 0.15) is 21.2 Å². The third-order valence-electron chi connectivity index (χ3n) is 4.59. The molecule has 0 aliphatic carbocycles. The number of benzene rings is 3. The molecule has 4 N–H and O–H groups in total. The first kappa shape index (κ1) is 24.3. The number of nitrogens with one attached hydrogen (secondary N) is 1. The summed E-state index contributed by atoms with van der Waals surface area (Å²) in [6.07, 6.45) is 0. The van der Waals surface area contributed by atoms with Crippen LogP contribution in [0.2, 0.25) is 0 Å². The van der Waals surface area contributed by atoms with Gasteiger partial charge in [0, 0.05) is 18.0 Å². The first-order chi connectivity index (χ1) is 15.2. The van der Waals surface area contributed by atoms with Gasteiger partial charge in [0.2, 0.25) is 5.91 Å². The highest BCUT2D eigenvalue weighted by molar-refractivity contribution is 7.86. The van der Waals surface area contributed by atoms with Gasteiger partial charge in [0.15, 0.2) is 5.75 Å². The Bertz CT molecular complexity index is 1550. The summed E-state index contributed by atoms with van der Waals surface area (Å²) in [6, 6.07) is 8.00. The van der Waals surface area contributed by atoms with Crippen molar-refractivity contribution < 1.29 is 35.8 Å². The molecule has 174 valence electrons. The number of aryl methyl sites for hydroxylation is 2. The number of carbonyl (C=O) groups is 1. The van der Waals surface area contributed by atoms with Gasteiger partial charge in [-0.3, -0.25) is 13.9 Å². The average Bonchev–Trinajstić information content (AvgIpc) is 2.66. The van der Waals surface area contributed by atoms with E-state index in [1.54, 1.807) is 13.0 Å². The lowest BCUT2D eigenvalue weighted by Crippen LogP contribution is -2.05. The Kier molecular flexibility index (Phi) is 6.26. The number of azo groups is 1. The van der Waals surface area contributed by atoms with Crippen LogP contribution in [0.25, 0.3) is 10.8 Å². The molecule has 0 fully saturated rings. The molecule has 0 aliphatic heterocycles. The molecule has 11 nitrogen and oxygen atoms in total. The zero-order valence-corrected chi connectivity index (χ0v) is 19.2. The molecule has 0 saturated carbocycles. The van der Waals surface area contributed by atoms with Crippen molar-refractivity contribution in [2.45, 2.75) is 30.6 Å². The zero-order chi connectivity index (χ0) is 24.7. The van der Waals surface area contributed by atoms with Crippen LogP contribution in [0.15, 0.2) is 56.4 Å². The van der Waals surface area contributed by atoms with Crippen LogP contribution in [0.3, 0.4) is 0 Å². The summed E-state index contributed by atoms with van der Waals surface area (Å²) in [5.41, 5.74) is 0.169. The van der Waals surface area contributed by atoms with Gasteiger partial charge < -0.3 is 10.4 Å². The second kappa shape index (κ2) is 8.51. The lowest BCUT2D eigenvalue weighted by Gasteiger charge is -2.11. The van der Waals surface area contributed by atoms with Gasteiger partial charge in [0.25, 0.3) is 20.2 Å². The molecule has 0 radical (unpaired) electrons. The van der Waals surface area contributed by atoms with Crippen molar-refractivity contribution in [3.63, 3.8) is 0 Å². The van der Waals surface area contributed by atoms with Crippen molar-refractivity contribution in [2.75, 3.05) is 5.32 Å². The van der Waals surface area contributed by atoms with Gasteiger partial charge in [-0.1, -0.05) is 12.1 Å². The molecule has 0 heterocycles. The van der Waals surface area contributed by atoms with E-state index in [9.17, 15) is 35.8 Å². The van der Waals surface area contributed by atoms with E-state index in [1.165, 1.54) is 32.0 Å². The molecule has 3 aromatic carbocycles. The number of carbonyl (C=O) groups excluding carboxylic acids is 1. The van der Waals surface area contributed by atoms with E-state index in [1.807, 2.05) is 0 Å². The van der Waals surface area contributed by atoms with Crippen LogP contribution in [0.1, 0.15) is 18.1 Å². The third-order valence-corrected chi connectivity index (χ3v) is 6.32. The number of rotatable bonds is 5. The number of aromatic hydroxyl groups is 1. The van der Waals surface area contributed by atoms with Crippen LogP contribution in [0.5, 0.6) is 5.75 Å². The van der Waals surface area contributed by atoms with Crippen molar-refractivity contribution in [3.8, 4) is 5.75 Å². The molecule has 0 bridgehead atoms. The number of phenols is 1. The minimum atomic E-state index is -4.89. The lowest BCUT2D eigenvalue weighted by atomic mass is 10.1. The van der Waals surface area contributed by atoms with Crippen molar-refractivity contribution in [1.82, 2.24) is 0 Å². The fourth-order valence-electron chi connectivity index (χ4n) is 3.26. The molecular formula is C20H19N3O8S2. The number of nitrogens with zero attached hydrogens (tertiary/aromatic N) is 2. The Morgan fingerprint density at radius 2 is 1.45 bits per heavy atom. The van der Waals surface area contributed by atoms with E-state index in [2.05, 4.69) is 15.5 Å². The highest BCUT2D eigenvalue weighted by atomic mass is 32.2. The Hall–Kier alpha value is -3.39. The standard InChI is InChI=1S/C20H19N3O8S2/c1-10-6-11(2)18(16(7-10)32(26,27)28)22-23-19-17(33(29,30)31)8-13-4-5-14(21-12(3)24)9-15(13)20(19)25/h4-9,25H,1-3H3,(H,21,24)(H,26,27,28)(H,29,30,31). The summed E-state index contributed by atoms with van der Waals surface area (Å²) in [7, 11) is -9.59. The molecule has 0 unspecified atom stereocenters. The van der Waals surface area contributed by atoms with Crippen molar-refractivity contribution in [2.24, 2.45) is 10.2 Å². The average molecular weight is 494 g/mol. The molecule has 0 spiro atoms. The Morgan fingerprint density at radius 3 is 2.03 bits per heavy atom. The summed E-state index contributed by atoms with van der Waals surface area (Å²) in [5, 5.41) is 21.1. The SMILES string of the molecule is CC(=O)Nc1ccc2cc(S(=O)(=O)O)c(N=Nc3c(C)cc(C)cc3S(=O)(=O)O)c(O)c2c1. The van der Waals surface area contributed by atoms with Gasteiger partial charge in [-0.2, -0.15) is 16.8 Å². The van der Waals surface area contributed by atoms with Gasteiger partial charge in [-0.05, 0) is 54.6 Å². The number of amides is 1. The highest BCUT2D eigenvalue weighted by Gasteiger charge is 2.23. The third kappa shape index (κ3) is 5.17. The molecule has 0 saturated heterocycles. The zero-order valence-electron chi connectivity index (χ0n) is 17.6. The van der Waals surface area contributed by atoms with E-state index in [-0.39, 0.29) is 22.4 Å². The molecular weight excluding hydrogens is 474 g/mol. The van der Waals surface area contributed by atoms with Crippen molar-refractivity contribution >= 4 is 54.0 Å².